The van der Waals surface area contributed by atoms with Gasteiger partial charge >= 0.3 is 12.1 Å². The van der Waals surface area contributed by atoms with Crippen LogP contribution >= 0.6 is 0 Å². The maximum Gasteiger partial charge on any atom is 0.412 e. The SMILES string of the molecule is C=CC(=O)OCCNC(=O)Oc1cc(OCC2CO2)c(OCC2CO2)c2ccccc12. The first kappa shape index (κ1) is 21.0. The second kappa shape index (κ2) is 9.67. The van der Waals surface area contributed by atoms with Crippen molar-refractivity contribution in [1.29, 1.82) is 0 Å². The summed E-state index contributed by atoms with van der Waals surface area (Å²) in [5, 5.41) is 3.98. The fourth-order valence-electron chi connectivity index (χ4n) is 2.82. The first-order valence-corrected chi connectivity index (χ1v) is 9.93. The summed E-state index contributed by atoms with van der Waals surface area (Å²) in [6.07, 6.45) is 0.501. The third-order valence-electron chi connectivity index (χ3n) is 4.55. The average molecular weight is 429 g/mol. The molecule has 0 radical (unpaired) electrons. The maximum atomic E-state index is 12.3. The summed E-state index contributed by atoms with van der Waals surface area (Å²) in [7, 11) is 0. The summed E-state index contributed by atoms with van der Waals surface area (Å²) in [6.45, 7) is 5.52. The van der Waals surface area contributed by atoms with Crippen LogP contribution in [0.1, 0.15) is 0 Å². The van der Waals surface area contributed by atoms with Crippen LogP contribution in [0.4, 0.5) is 4.79 Å². The number of fused-ring (bicyclic) bond motifs is 1. The monoisotopic (exact) mass is 429 g/mol. The molecule has 0 bridgehead atoms. The van der Waals surface area contributed by atoms with E-state index in [2.05, 4.69) is 11.9 Å². The molecule has 31 heavy (non-hydrogen) atoms. The van der Waals surface area contributed by atoms with Gasteiger partial charge in [-0.15, -0.1) is 0 Å². The summed E-state index contributed by atoms with van der Waals surface area (Å²) < 4.78 is 32.7. The Hall–Kier alpha value is -3.30. The van der Waals surface area contributed by atoms with Gasteiger partial charge in [-0.3, -0.25) is 0 Å². The Morgan fingerprint density at radius 3 is 2.42 bits per heavy atom. The fourth-order valence-corrected chi connectivity index (χ4v) is 2.82. The molecule has 4 rings (SSSR count). The van der Waals surface area contributed by atoms with Gasteiger partial charge in [0.2, 0.25) is 0 Å². The van der Waals surface area contributed by atoms with Crippen LogP contribution in [0.25, 0.3) is 10.8 Å². The molecule has 0 aliphatic carbocycles. The predicted octanol–water partition coefficient (Wildman–Crippen LogP) is 2.21. The molecule has 0 aromatic heterocycles. The standard InChI is InChI=1S/C22H23NO8/c1-2-20(24)26-8-7-23-22(25)31-18-9-19(29-12-14-10-27-14)21(30-13-15-11-28-15)17-6-4-3-5-16(17)18/h2-6,9,14-15H,1,7-8,10-13H2,(H,23,25). The van der Waals surface area contributed by atoms with Gasteiger partial charge in [-0.05, 0) is 0 Å². The molecule has 1 amide bonds. The molecule has 2 aliphatic heterocycles. The van der Waals surface area contributed by atoms with E-state index >= 15 is 0 Å². The lowest BCUT2D eigenvalue weighted by Crippen LogP contribution is -2.30. The number of hydrogen-bond acceptors (Lipinski definition) is 8. The normalized spacial score (nSPS) is 18.7. The second-order valence-corrected chi connectivity index (χ2v) is 6.97. The van der Waals surface area contributed by atoms with E-state index in [1.165, 1.54) is 0 Å². The molecule has 2 aliphatic rings. The molecular weight excluding hydrogens is 406 g/mol. The smallest absolute Gasteiger partial charge is 0.412 e. The molecule has 164 valence electrons. The molecule has 1 N–H and O–H groups in total. The Kier molecular flexibility index (Phi) is 6.54. The van der Waals surface area contributed by atoms with Gasteiger partial charge in [0.05, 0.1) is 19.8 Å². The van der Waals surface area contributed by atoms with Crippen molar-refractivity contribution in [1.82, 2.24) is 5.32 Å². The van der Waals surface area contributed by atoms with Crippen molar-refractivity contribution in [3.63, 3.8) is 0 Å². The van der Waals surface area contributed by atoms with E-state index in [0.717, 1.165) is 11.5 Å². The van der Waals surface area contributed by atoms with Crippen molar-refractivity contribution in [2.24, 2.45) is 0 Å². The third kappa shape index (κ3) is 5.87. The molecule has 2 saturated heterocycles. The van der Waals surface area contributed by atoms with Crippen molar-refractivity contribution in [2.75, 3.05) is 39.6 Å². The molecular formula is C22H23NO8. The van der Waals surface area contributed by atoms with Crippen molar-refractivity contribution >= 4 is 22.8 Å². The zero-order valence-electron chi connectivity index (χ0n) is 16.8. The van der Waals surface area contributed by atoms with Crippen LogP contribution in [-0.4, -0.2) is 63.8 Å². The zero-order valence-corrected chi connectivity index (χ0v) is 16.8. The Morgan fingerprint density at radius 1 is 1.06 bits per heavy atom. The molecule has 2 fully saturated rings. The first-order chi connectivity index (χ1) is 15.1. The summed E-state index contributed by atoms with van der Waals surface area (Å²) in [5.41, 5.74) is 0. The van der Waals surface area contributed by atoms with E-state index < -0.39 is 12.1 Å². The number of carbonyl (C=O) groups is 2. The molecule has 2 atom stereocenters. The highest BCUT2D eigenvalue weighted by atomic mass is 16.6. The number of epoxide rings is 2. The van der Waals surface area contributed by atoms with E-state index in [9.17, 15) is 9.59 Å². The average Bonchev–Trinajstić information content (AvgIpc) is 3.69. The van der Waals surface area contributed by atoms with Crippen LogP contribution in [0, 0.1) is 0 Å². The lowest BCUT2D eigenvalue weighted by Gasteiger charge is -2.17. The van der Waals surface area contributed by atoms with Crippen LogP contribution in [0.5, 0.6) is 17.2 Å². The number of ether oxygens (including phenoxy) is 6. The summed E-state index contributed by atoms with van der Waals surface area (Å²) in [6, 6.07) is 9.05. The molecule has 9 heteroatoms. The predicted molar refractivity (Wildman–Crippen MR) is 110 cm³/mol. The van der Waals surface area contributed by atoms with Gasteiger partial charge in [-0.1, -0.05) is 30.8 Å². The largest absolute Gasteiger partial charge is 0.487 e. The minimum Gasteiger partial charge on any atom is -0.487 e. The molecule has 0 saturated carbocycles. The van der Waals surface area contributed by atoms with E-state index in [0.29, 0.717) is 49.1 Å². The lowest BCUT2D eigenvalue weighted by atomic mass is 10.1. The number of benzene rings is 2. The van der Waals surface area contributed by atoms with Crippen molar-refractivity contribution in [3.05, 3.63) is 43.0 Å². The number of rotatable bonds is 11. The van der Waals surface area contributed by atoms with Crippen LogP contribution in [-0.2, 0) is 19.0 Å². The number of hydrogen-bond donors (Lipinski definition) is 1. The zero-order chi connectivity index (χ0) is 21.6. The Balaban J connectivity index is 1.50. The maximum absolute atomic E-state index is 12.3. The van der Waals surface area contributed by atoms with Gasteiger partial charge in [-0.2, -0.15) is 0 Å². The van der Waals surface area contributed by atoms with E-state index in [1.54, 1.807) is 6.07 Å². The van der Waals surface area contributed by atoms with Crippen molar-refractivity contribution in [2.45, 2.75) is 12.2 Å². The Bertz CT molecular complexity index is 967. The van der Waals surface area contributed by atoms with Gasteiger partial charge in [0.15, 0.2) is 11.5 Å². The summed E-state index contributed by atoms with van der Waals surface area (Å²) in [5.74, 6) is 0.779. The number of nitrogens with one attached hydrogen (secondary N) is 1. The van der Waals surface area contributed by atoms with Gasteiger partial charge in [-0.25, -0.2) is 9.59 Å². The van der Waals surface area contributed by atoms with E-state index in [4.69, 9.17) is 28.4 Å². The quantitative estimate of drug-likeness (QED) is 0.251. The molecule has 9 nitrogen and oxygen atoms in total. The third-order valence-corrected chi connectivity index (χ3v) is 4.55. The molecule has 2 aromatic rings. The molecule has 2 aromatic carbocycles. The number of amides is 1. The topological polar surface area (TPSA) is 108 Å². The fraction of sp³-hybridized carbons (Fsp3) is 0.364. The van der Waals surface area contributed by atoms with Crippen molar-refractivity contribution < 1.29 is 38.0 Å². The minimum absolute atomic E-state index is 0.00641. The molecule has 2 unspecified atom stereocenters. The van der Waals surface area contributed by atoms with Gasteiger partial charge in [0.25, 0.3) is 0 Å². The van der Waals surface area contributed by atoms with Gasteiger partial charge in [0, 0.05) is 22.9 Å². The van der Waals surface area contributed by atoms with Gasteiger partial charge < -0.3 is 33.7 Å². The highest BCUT2D eigenvalue weighted by Crippen LogP contribution is 2.42. The highest BCUT2D eigenvalue weighted by Gasteiger charge is 2.27. The van der Waals surface area contributed by atoms with Crippen molar-refractivity contribution in [3.8, 4) is 17.2 Å². The molecule has 2 heterocycles. The lowest BCUT2D eigenvalue weighted by molar-refractivity contribution is -0.137. The summed E-state index contributed by atoms with van der Waals surface area (Å²) >= 11 is 0. The number of esters is 1. The van der Waals surface area contributed by atoms with Crippen LogP contribution in [0.2, 0.25) is 0 Å². The van der Waals surface area contributed by atoms with E-state index in [1.807, 2.05) is 24.3 Å². The Morgan fingerprint density at radius 2 is 1.74 bits per heavy atom. The minimum atomic E-state index is -0.684. The first-order valence-electron chi connectivity index (χ1n) is 9.93. The van der Waals surface area contributed by atoms with E-state index in [-0.39, 0.29) is 25.4 Å². The Labute approximate surface area is 178 Å². The highest BCUT2D eigenvalue weighted by molar-refractivity contribution is 5.96. The second-order valence-electron chi connectivity index (χ2n) is 6.97. The number of carbonyl (C=O) groups excluding carboxylic acids is 2. The van der Waals surface area contributed by atoms with Crippen LogP contribution in [0.3, 0.4) is 0 Å². The summed E-state index contributed by atoms with van der Waals surface area (Å²) in [4.78, 5) is 23.3. The van der Waals surface area contributed by atoms with Gasteiger partial charge in [0.1, 0.15) is 37.8 Å². The molecule has 0 spiro atoms. The van der Waals surface area contributed by atoms with Crippen LogP contribution < -0.4 is 19.5 Å². The van der Waals surface area contributed by atoms with Crippen LogP contribution in [0.15, 0.2) is 43.0 Å².